The monoisotopic (exact) mass is 345 g/mol. The van der Waals surface area contributed by atoms with Crippen molar-refractivity contribution in [2.24, 2.45) is 20.0 Å². The highest BCUT2D eigenvalue weighted by Gasteiger charge is 2.36. The molecule has 136 valence electrons. The summed E-state index contributed by atoms with van der Waals surface area (Å²) in [6.07, 6.45) is 6.04. The van der Waals surface area contributed by atoms with Crippen LogP contribution in [0.25, 0.3) is 0 Å². The zero-order chi connectivity index (χ0) is 18.1. The van der Waals surface area contributed by atoms with E-state index in [1.54, 1.807) is 10.9 Å². The fourth-order valence-electron chi connectivity index (χ4n) is 3.64. The number of carbonyl (C=O) groups excluding carboxylic acids is 1. The lowest BCUT2D eigenvalue weighted by molar-refractivity contribution is -0.123. The molecule has 7 heteroatoms. The van der Waals surface area contributed by atoms with Crippen LogP contribution in [0.15, 0.2) is 12.4 Å². The first-order valence-corrected chi connectivity index (χ1v) is 8.80. The SMILES string of the molecule is Cc1nn(C)c(C)c1CCC(=O)N[C@@H](c1cnn(C)c1)C1CC(O)C1. The van der Waals surface area contributed by atoms with Crippen LogP contribution in [0.3, 0.4) is 0 Å². The first kappa shape index (κ1) is 17.7. The molecule has 2 heterocycles. The van der Waals surface area contributed by atoms with Gasteiger partial charge < -0.3 is 10.4 Å². The maximum Gasteiger partial charge on any atom is 0.220 e. The summed E-state index contributed by atoms with van der Waals surface area (Å²) < 4.78 is 3.60. The van der Waals surface area contributed by atoms with Crippen LogP contribution in [-0.4, -0.2) is 36.7 Å². The van der Waals surface area contributed by atoms with Crippen molar-refractivity contribution < 1.29 is 9.90 Å². The molecular formula is C18H27N5O2. The maximum absolute atomic E-state index is 12.5. The van der Waals surface area contributed by atoms with Crippen molar-refractivity contribution in [3.8, 4) is 0 Å². The van der Waals surface area contributed by atoms with Crippen LogP contribution >= 0.6 is 0 Å². The van der Waals surface area contributed by atoms with Crippen molar-refractivity contribution in [1.29, 1.82) is 0 Å². The third kappa shape index (κ3) is 3.76. The highest BCUT2D eigenvalue weighted by atomic mass is 16.3. The molecule has 2 N–H and O–H groups in total. The maximum atomic E-state index is 12.5. The molecule has 0 unspecified atom stereocenters. The van der Waals surface area contributed by atoms with Crippen LogP contribution < -0.4 is 5.32 Å². The summed E-state index contributed by atoms with van der Waals surface area (Å²) in [5.74, 6) is 0.294. The van der Waals surface area contributed by atoms with Crippen molar-refractivity contribution in [2.45, 2.75) is 51.7 Å². The van der Waals surface area contributed by atoms with Crippen LogP contribution in [-0.2, 0) is 25.3 Å². The molecule has 0 spiro atoms. The van der Waals surface area contributed by atoms with Gasteiger partial charge in [-0.3, -0.25) is 14.2 Å². The molecule has 1 aliphatic rings. The molecule has 2 aromatic rings. The van der Waals surface area contributed by atoms with E-state index in [9.17, 15) is 9.90 Å². The molecule has 0 radical (unpaired) electrons. The number of aromatic nitrogens is 4. The Bertz CT molecular complexity index is 758. The van der Waals surface area contributed by atoms with E-state index >= 15 is 0 Å². The second-order valence-electron chi connectivity index (χ2n) is 7.15. The van der Waals surface area contributed by atoms with Crippen molar-refractivity contribution in [3.63, 3.8) is 0 Å². The summed E-state index contributed by atoms with van der Waals surface area (Å²) >= 11 is 0. The van der Waals surface area contributed by atoms with E-state index < -0.39 is 0 Å². The van der Waals surface area contributed by atoms with Gasteiger partial charge >= 0.3 is 0 Å². The summed E-state index contributed by atoms with van der Waals surface area (Å²) in [5.41, 5.74) is 4.24. The van der Waals surface area contributed by atoms with Gasteiger partial charge in [-0.05, 0) is 44.6 Å². The van der Waals surface area contributed by atoms with Gasteiger partial charge in [-0.25, -0.2) is 0 Å². The molecule has 0 bridgehead atoms. The summed E-state index contributed by atoms with van der Waals surface area (Å²) in [4.78, 5) is 12.5. The van der Waals surface area contributed by atoms with Gasteiger partial charge in [-0.2, -0.15) is 10.2 Å². The predicted octanol–water partition coefficient (Wildman–Crippen LogP) is 1.33. The number of amides is 1. The highest BCUT2D eigenvalue weighted by Crippen LogP contribution is 2.38. The average Bonchev–Trinajstić information content (AvgIpc) is 3.05. The Balaban J connectivity index is 1.64. The van der Waals surface area contributed by atoms with Gasteiger partial charge in [0.2, 0.25) is 5.91 Å². The lowest BCUT2D eigenvalue weighted by Crippen LogP contribution is -2.41. The summed E-state index contributed by atoms with van der Waals surface area (Å²) in [6.45, 7) is 4.01. The number of nitrogens with one attached hydrogen (secondary N) is 1. The van der Waals surface area contributed by atoms with Crippen molar-refractivity contribution >= 4 is 5.91 Å². The first-order chi connectivity index (χ1) is 11.8. The fourth-order valence-corrected chi connectivity index (χ4v) is 3.64. The van der Waals surface area contributed by atoms with E-state index in [1.165, 1.54) is 0 Å². The zero-order valence-corrected chi connectivity index (χ0v) is 15.4. The van der Waals surface area contributed by atoms with Gasteiger partial charge in [-0.15, -0.1) is 0 Å². The number of aryl methyl sites for hydroxylation is 3. The van der Waals surface area contributed by atoms with Crippen LogP contribution in [0.4, 0.5) is 0 Å². The predicted molar refractivity (Wildman–Crippen MR) is 93.8 cm³/mol. The van der Waals surface area contributed by atoms with Crippen molar-refractivity contribution in [3.05, 3.63) is 34.9 Å². The molecular weight excluding hydrogens is 318 g/mol. The minimum Gasteiger partial charge on any atom is -0.393 e. The Kier molecular flexibility index (Phi) is 4.94. The van der Waals surface area contributed by atoms with Crippen LogP contribution in [0.2, 0.25) is 0 Å². The number of hydrogen-bond acceptors (Lipinski definition) is 4. The van der Waals surface area contributed by atoms with E-state index in [2.05, 4.69) is 15.5 Å². The molecule has 1 saturated carbocycles. The molecule has 0 aromatic carbocycles. The summed E-state index contributed by atoms with van der Waals surface area (Å²) in [6, 6.07) is -0.0827. The van der Waals surface area contributed by atoms with Crippen molar-refractivity contribution in [1.82, 2.24) is 24.9 Å². The zero-order valence-electron chi connectivity index (χ0n) is 15.4. The molecule has 25 heavy (non-hydrogen) atoms. The molecule has 0 saturated heterocycles. The smallest absolute Gasteiger partial charge is 0.220 e. The second-order valence-corrected chi connectivity index (χ2v) is 7.15. The molecule has 1 aliphatic carbocycles. The lowest BCUT2D eigenvalue weighted by atomic mass is 9.75. The topological polar surface area (TPSA) is 85.0 Å². The Morgan fingerprint density at radius 1 is 1.40 bits per heavy atom. The number of hydrogen-bond donors (Lipinski definition) is 2. The Labute approximate surface area is 148 Å². The second kappa shape index (κ2) is 7.00. The van der Waals surface area contributed by atoms with Crippen molar-refractivity contribution in [2.75, 3.05) is 0 Å². The minimum atomic E-state index is -0.248. The Morgan fingerprint density at radius 2 is 2.12 bits per heavy atom. The van der Waals surface area contributed by atoms with Gasteiger partial charge in [0.05, 0.1) is 24.0 Å². The number of carbonyl (C=O) groups is 1. The van der Waals surface area contributed by atoms with E-state index in [0.717, 1.165) is 35.4 Å². The van der Waals surface area contributed by atoms with E-state index in [4.69, 9.17) is 0 Å². The molecule has 3 rings (SSSR count). The van der Waals surface area contributed by atoms with Crippen LogP contribution in [0, 0.1) is 19.8 Å². The molecule has 1 fully saturated rings. The largest absolute Gasteiger partial charge is 0.393 e. The fraction of sp³-hybridized carbons (Fsp3) is 0.611. The Hall–Kier alpha value is -2.15. The van der Waals surface area contributed by atoms with Gasteiger partial charge in [0.25, 0.3) is 0 Å². The molecule has 1 amide bonds. The standard InChI is InChI=1S/C18H27N5O2/c1-11-16(12(2)23(4)21-11)5-6-17(25)20-18(13-7-15(24)8-13)14-9-19-22(3)10-14/h9-10,13,15,18,24H,5-8H2,1-4H3,(H,20,25)/t13?,15?,18-/m1/s1. The van der Waals surface area contributed by atoms with Gasteiger partial charge in [-0.1, -0.05) is 0 Å². The number of aliphatic hydroxyl groups is 1. The van der Waals surface area contributed by atoms with E-state index in [-0.39, 0.29) is 24.0 Å². The average molecular weight is 345 g/mol. The molecule has 1 atom stereocenters. The first-order valence-electron chi connectivity index (χ1n) is 8.80. The molecule has 7 nitrogen and oxygen atoms in total. The normalized spacial score (nSPS) is 21.0. The number of aliphatic hydroxyl groups excluding tert-OH is 1. The third-order valence-corrected chi connectivity index (χ3v) is 5.28. The quantitative estimate of drug-likeness (QED) is 0.827. The lowest BCUT2D eigenvalue weighted by Gasteiger charge is -2.37. The third-order valence-electron chi connectivity index (χ3n) is 5.28. The summed E-state index contributed by atoms with van der Waals surface area (Å²) in [5, 5.41) is 21.4. The number of rotatable bonds is 6. The van der Waals surface area contributed by atoms with Gasteiger partial charge in [0, 0.05) is 38.0 Å². The molecule has 0 aliphatic heterocycles. The minimum absolute atomic E-state index is 0.0258. The Morgan fingerprint density at radius 3 is 2.64 bits per heavy atom. The van der Waals surface area contributed by atoms with E-state index in [0.29, 0.717) is 12.8 Å². The molecule has 2 aromatic heterocycles. The number of nitrogens with zero attached hydrogens (tertiary/aromatic N) is 4. The van der Waals surface area contributed by atoms with Crippen LogP contribution in [0.5, 0.6) is 0 Å². The van der Waals surface area contributed by atoms with Crippen LogP contribution in [0.1, 0.15) is 47.8 Å². The van der Waals surface area contributed by atoms with Gasteiger partial charge in [0.1, 0.15) is 0 Å². The van der Waals surface area contributed by atoms with Gasteiger partial charge in [0.15, 0.2) is 0 Å². The van der Waals surface area contributed by atoms with E-state index in [1.807, 2.05) is 38.8 Å². The summed E-state index contributed by atoms with van der Waals surface area (Å²) in [7, 11) is 3.79. The highest BCUT2D eigenvalue weighted by molar-refractivity contribution is 5.76.